The van der Waals surface area contributed by atoms with Crippen molar-refractivity contribution in [1.29, 1.82) is 0 Å². The highest BCUT2D eigenvalue weighted by Crippen LogP contribution is 2.41. The van der Waals surface area contributed by atoms with Crippen molar-refractivity contribution in [3.8, 4) is 0 Å². The Morgan fingerprint density at radius 1 is 1.12 bits per heavy atom. The van der Waals surface area contributed by atoms with Crippen LogP contribution in [0.15, 0.2) is 47.1 Å². The number of hydrogen-bond acceptors (Lipinski definition) is 4. The predicted molar refractivity (Wildman–Crippen MR) is 138 cm³/mol. The number of benzene rings is 1. The van der Waals surface area contributed by atoms with Gasteiger partial charge in [0.15, 0.2) is 5.82 Å². The van der Waals surface area contributed by atoms with E-state index in [0.29, 0.717) is 6.04 Å². The maximum absolute atomic E-state index is 5.30. The second kappa shape index (κ2) is 8.85. The second-order valence-electron chi connectivity index (χ2n) is 10.1. The van der Waals surface area contributed by atoms with Crippen LogP contribution in [0.4, 0.5) is 11.5 Å². The van der Waals surface area contributed by atoms with E-state index in [1.807, 2.05) is 7.05 Å². The smallest absolute Gasteiger partial charge is 0.160 e. The lowest BCUT2D eigenvalue weighted by Gasteiger charge is -2.34. The molecule has 0 bridgehead atoms. The zero-order valence-corrected chi connectivity index (χ0v) is 20.7. The van der Waals surface area contributed by atoms with Crippen LogP contribution in [0, 0.1) is 0 Å². The minimum Gasteiger partial charge on any atom is -0.371 e. The molecule has 0 N–H and O–H groups in total. The van der Waals surface area contributed by atoms with E-state index in [0.717, 1.165) is 50.3 Å². The fraction of sp³-hybridized carbons (Fsp3) is 0.500. The van der Waals surface area contributed by atoms with Gasteiger partial charge in [-0.05, 0) is 76.6 Å². The number of aliphatic imine (C=N–C) groups is 1. The van der Waals surface area contributed by atoms with E-state index >= 15 is 0 Å². The van der Waals surface area contributed by atoms with Crippen molar-refractivity contribution in [3.63, 3.8) is 0 Å². The molecule has 0 radical (unpaired) electrons. The average Bonchev–Trinajstić information content (AvgIpc) is 3.13. The number of aryl methyl sites for hydroxylation is 1. The van der Waals surface area contributed by atoms with Crippen LogP contribution in [0.5, 0.6) is 0 Å². The first-order chi connectivity index (χ1) is 16.0. The van der Waals surface area contributed by atoms with Gasteiger partial charge in [-0.3, -0.25) is 9.67 Å². The van der Waals surface area contributed by atoms with Gasteiger partial charge in [0.2, 0.25) is 0 Å². The van der Waals surface area contributed by atoms with E-state index in [4.69, 9.17) is 5.10 Å². The number of rotatable bonds is 5. The molecule has 1 aromatic carbocycles. The van der Waals surface area contributed by atoms with Crippen LogP contribution >= 0.6 is 0 Å². The van der Waals surface area contributed by atoms with Crippen LogP contribution in [-0.2, 0) is 19.4 Å². The molecular formula is C28H37N5. The molecule has 1 aromatic heterocycles. The Balaban J connectivity index is 1.55. The lowest BCUT2D eigenvalue weighted by molar-refractivity contribution is 0.267. The van der Waals surface area contributed by atoms with E-state index in [1.165, 1.54) is 58.7 Å². The fourth-order valence-corrected chi connectivity index (χ4v) is 5.43. The summed E-state index contributed by atoms with van der Waals surface area (Å²) in [6, 6.07) is 7.46. The molecular weight excluding hydrogens is 406 g/mol. The molecule has 5 nitrogen and oxygen atoms in total. The van der Waals surface area contributed by atoms with Gasteiger partial charge >= 0.3 is 0 Å². The first-order valence-corrected chi connectivity index (χ1v) is 12.5. The highest BCUT2D eigenvalue weighted by atomic mass is 15.4. The number of fused-ring (bicyclic) bond motifs is 2. The molecule has 2 aliphatic heterocycles. The summed E-state index contributed by atoms with van der Waals surface area (Å²) in [5.41, 5.74) is 10.3. The Hall–Kier alpha value is -2.82. The minimum absolute atomic E-state index is 0.586. The van der Waals surface area contributed by atoms with E-state index in [2.05, 4.69) is 71.1 Å². The van der Waals surface area contributed by atoms with Gasteiger partial charge in [-0.1, -0.05) is 18.2 Å². The van der Waals surface area contributed by atoms with Crippen LogP contribution in [0.3, 0.4) is 0 Å². The summed E-state index contributed by atoms with van der Waals surface area (Å²) >= 11 is 0. The second-order valence-corrected chi connectivity index (χ2v) is 10.1. The van der Waals surface area contributed by atoms with E-state index in [9.17, 15) is 0 Å². The summed E-state index contributed by atoms with van der Waals surface area (Å²) in [7, 11) is 1.88. The Bertz CT molecular complexity index is 1130. The Labute approximate surface area is 198 Å². The highest BCUT2D eigenvalue weighted by Gasteiger charge is 2.33. The molecule has 1 fully saturated rings. The molecule has 1 saturated carbocycles. The summed E-state index contributed by atoms with van der Waals surface area (Å²) < 4.78 is 2.39. The van der Waals surface area contributed by atoms with Gasteiger partial charge in [0, 0.05) is 61.3 Å². The van der Waals surface area contributed by atoms with E-state index in [1.54, 1.807) is 0 Å². The van der Waals surface area contributed by atoms with Gasteiger partial charge in [0.1, 0.15) is 0 Å². The van der Waals surface area contributed by atoms with Crippen molar-refractivity contribution >= 4 is 17.2 Å². The van der Waals surface area contributed by atoms with Crippen LogP contribution in [-0.4, -0.2) is 40.5 Å². The standard InChI is InChI=1S/C28H37N5/c1-19(2)16-25(29-5)21-11-12-26-22(17-21)8-7-14-32(26)28-24-18-31(20(3)4)15-13-27(24)33(30-28)23-9-6-10-23/h11-12,16-17,23H,3,6-10,13-15,18H2,1-2,4-5H3. The molecule has 174 valence electrons. The molecule has 1 aliphatic carbocycles. The Kier molecular flexibility index (Phi) is 5.90. The quantitative estimate of drug-likeness (QED) is 0.534. The zero-order chi connectivity index (χ0) is 23.1. The molecule has 2 aromatic rings. The number of aromatic nitrogens is 2. The lowest BCUT2D eigenvalue weighted by atomic mass is 9.92. The molecule has 3 heterocycles. The first kappa shape index (κ1) is 22.0. The summed E-state index contributed by atoms with van der Waals surface area (Å²) in [5.74, 6) is 1.17. The summed E-state index contributed by atoms with van der Waals surface area (Å²) in [4.78, 5) is 9.44. The van der Waals surface area contributed by atoms with Gasteiger partial charge < -0.3 is 9.80 Å². The van der Waals surface area contributed by atoms with Crippen molar-refractivity contribution in [3.05, 3.63) is 64.5 Å². The molecule has 0 spiro atoms. The number of allylic oxidation sites excluding steroid dienone is 3. The predicted octanol–water partition coefficient (Wildman–Crippen LogP) is 5.97. The van der Waals surface area contributed by atoms with Crippen molar-refractivity contribution in [1.82, 2.24) is 14.7 Å². The topological polar surface area (TPSA) is 36.7 Å². The molecule has 0 amide bonds. The largest absolute Gasteiger partial charge is 0.371 e. The third kappa shape index (κ3) is 4.03. The highest BCUT2D eigenvalue weighted by molar-refractivity contribution is 6.09. The summed E-state index contributed by atoms with van der Waals surface area (Å²) in [6.07, 6.45) is 9.34. The summed E-state index contributed by atoms with van der Waals surface area (Å²) in [6.45, 7) is 13.6. The van der Waals surface area contributed by atoms with Gasteiger partial charge in [-0.2, -0.15) is 5.10 Å². The Morgan fingerprint density at radius 3 is 2.61 bits per heavy atom. The summed E-state index contributed by atoms with van der Waals surface area (Å²) in [5, 5.41) is 5.30. The number of nitrogens with zero attached hydrogens (tertiary/aromatic N) is 5. The van der Waals surface area contributed by atoms with Gasteiger partial charge in [0.25, 0.3) is 0 Å². The zero-order valence-electron chi connectivity index (χ0n) is 20.7. The van der Waals surface area contributed by atoms with Crippen LogP contribution in [0.25, 0.3) is 0 Å². The van der Waals surface area contributed by atoms with E-state index in [-0.39, 0.29) is 0 Å². The fourth-order valence-electron chi connectivity index (χ4n) is 5.43. The van der Waals surface area contributed by atoms with Gasteiger partial charge in [-0.25, -0.2) is 0 Å². The third-order valence-corrected chi connectivity index (χ3v) is 7.44. The number of hydrogen-bond donors (Lipinski definition) is 0. The van der Waals surface area contributed by atoms with Crippen LogP contribution < -0.4 is 4.90 Å². The van der Waals surface area contributed by atoms with Crippen molar-refractivity contribution in [2.45, 2.75) is 71.9 Å². The monoisotopic (exact) mass is 443 g/mol. The van der Waals surface area contributed by atoms with Gasteiger partial charge in [-0.15, -0.1) is 0 Å². The average molecular weight is 444 g/mol. The maximum atomic E-state index is 5.30. The normalized spacial score (nSPS) is 18.5. The maximum Gasteiger partial charge on any atom is 0.160 e. The SMILES string of the molecule is C=C(C)N1CCc2c(c(N3CCCc4cc(C(C=C(C)C)=NC)ccc43)nn2C2CCC2)C1. The van der Waals surface area contributed by atoms with Gasteiger partial charge in [0.05, 0.1) is 11.8 Å². The lowest BCUT2D eigenvalue weighted by Crippen LogP contribution is -2.32. The number of anilines is 2. The minimum atomic E-state index is 0.586. The first-order valence-electron chi connectivity index (χ1n) is 12.5. The van der Waals surface area contributed by atoms with Crippen molar-refractivity contribution in [2.24, 2.45) is 4.99 Å². The third-order valence-electron chi connectivity index (χ3n) is 7.44. The molecule has 5 rings (SSSR count). The molecule has 3 aliphatic rings. The van der Waals surface area contributed by atoms with Crippen molar-refractivity contribution < 1.29 is 0 Å². The Morgan fingerprint density at radius 2 is 1.94 bits per heavy atom. The molecule has 0 atom stereocenters. The van der Waals surface area contributed by atoms with E-state index < -0.39 is 0 Å². The molecule has 33 heavy (non-hydrogen) atoms. The van der Waals surface area contributed by atoms with Crippen molar-refractivity contribution in [2.75, 3.05) is 25.0 Å². The van der Waals surface area contributed by atoms with Crippen LogP contribution in [0.2, 0.25) is 0 Å². The molecule has 5 heteroatoms. The molecule has 0 unspecified atom stereocenters. The molecule has 0 saturated heterocycles. The van der Waals surface area contributed by atoms with Crippen LogP contribution in [0.1, 0.15) is 74.9 Å².